The third-order valence-corrected chi connectivity index (χ3v) is 6.75. The number of carbonyl (C=O) groups excluding carboxylic acids is 1. The number of nitrogens with zero attached hydrogens (tertiary/aromatic N) is 1. The van der Waals surface area contributed by atoms with E-state index in [1.807, 2.05) is 61.7 Å². The number of ether oxygens (including phenoxy) is 2. The Labute approximate surface area is 193 Å². The van der Waals surface area contributed by atoms with E-state index in [2.05, 4.69) is 12.2 Å². The van der Waals surface area contributed by atoms with Crippen LogP contribution in [0.1, 0.15) is 46.6 Å². The quantitative estimate of drug-likeness (QED) is 0.433. The average Bonchev–Trinajstić information content (AvgIpc) is 3.17. The summed E-state index contributed by atoms with van der Waals surface area (Å²) < 4.78 is 10.7. The number of amides is 1. The van der Waals surface area contributed by atoms with E-state index in [0.29, 0.717) is 18.1 Å². The average molecular weight is 449 g/mol. The molecule has 0 saturated carbocycles. The molecule has 32 heavy (non-hydrogen) atoms. The van der Waals surface area contributed by atoms with Gasteiger partial charge in [0.25, 0.3) is 5.91 Å². The molecule has 1 aliphatic rings. The Balaban J connectivity index is 1.61. The molecule has 2 aromatic carbocycles. The number of hydrogen-bond donors (Lipinski definition) is 1. The van der Waals surface area contributed by atoms with E-state index in [1.165, 1.54) is 4.88 Å². The van der Waals surface area contributed by atoms with Gasteiger partial charge in [0, 0.05) is 16.8 Å². The van der Waals surface area contributed by atoms with E-state index < -0.39 is 0 Å². The fourth-order valence-electron chi connectivity index (χ4n) is 3.88. The molecular formula is C26H28N2O3S. The first-order chi connectivity index (χ1) is 15.6. The van der Waals surface area contributed by atoms with Crippen LogP contribution in [0.15, 0.2) is 53.5 Å². The van der Waals surface area contributed by atoms with E-state index in [9.17, 15) is 4.79 Å². The highest BCUT2D eigenvalue weighted by atomic mass is 32.1. The van der Waals surface area contributed by atoms with Gasteiger partial charge in [0.05, 0.1) is 19.3 Å². The van der Waals surface area contributed by atoms with E-state index >= 15 is 0 Å². The Hall–Kier alpha value is -3.12. The minimum absolute atomic E-state index is 0.108. The summed E-state index contributed by atoms with van der Waals surface area (Å²) in [6.45, 7) is 4.83. The van der Waals surface area contributed by atoms with Crippen molar-refractivity contribution in [3.8, 4) is 11.5 Å². The molecule has 3 aromatic rings. The molecule has 0 bridgehead atoms. The normalized spacial score (nSPS) is 15.4. The van der Waals surface area contributed by atoms with Crippen LogP contribution in [0.3, 0.4) is 0 Å². The number of hydrogen-bond acceptors (Lipinski definition) is 5. The van der Waals surface area contributed by atoms with Gasteiger partial charge in [0.1, 0.15) is 16.5 Å². The maximum atomic E-state index is 13.3. The number of fused-ring (bicyclic) bond motifs is 1. The van der Waals surface area contributed by atoms with E-state index in [1.54, 1.807) is 18.4 Å². The topological polar surface area (TPSA) is 59.9 Å². The second-order valence-corrected chi connectivity index (χ2v) is 9.06. The molecular weight excluding hydrogens is 420 g/mol. The van der Waals surface area contributed by atoms with Gasteiger partial charge in [-0.15, -0.1) is 11.3 Å². The van der Waals surface area contributed by atoms with E-state index in [-0.39, 0.29) is 5.91 Å². The van der Waals surface area contributed by atoms with Crippen LogP contribution in [0.25, 0.3) is 0 Å². The van der Waals surface area contributed by atoms with Crippen molar-refractivity contribution < 1.29 is 14.3 Å². The first-order valence-corrected chi connectivity index (χ1v) is 11.8. The third-order valence-electron chi connectivity index (χ3n) is 5.59. The Bertz CT molecular complexity index is 1100. The fraction of sp³-hybridized carbons (Fsp3) is 0.308. The molecule has 0 aliphatic heterocycles. The highest BCUT2D eigenvalue weighted by Crippen LogP contribution is 2.41. The lowest BCUT2D eigenvalue weighted by Crippen LogP contribution is -2.16. The summed E-state index contributed by atoms with van der Waals surface area (Å²) in [7, 11) is 1.65. The van der Waals surface area contributed by atoms with Crippen molar-refractivity contribution in [1.82, 2.24) is 0 Å². The summed E-state index contributed by atoms with van der Waals surface area (Å²) >= 11 is 1.64. The van der Waals surface area contributed by atoms with Crippen LogP contribution in [-0.4, -0.2) is 25.8 Å². The highest BCUT2D eigenvalue weighted by molar-refractivity contribution is 7.16. The van der Waals surface area contributed by atoms with Gasteiger partial charge < -0.3 is 14.8 Å². The van der Waals surface area contributed by atoms with Crippen molar-refractivity contribution in [3.05, 3.63) is 70.1 Å². The maximum Gasteiger partial charge on any atom is 0.259 e. The second-order valence-electron chi connectivity index (χ2n) is 7.97. The Morgan fingerprint density at radius 3 is 2.56 bits per heavy atom. The van der Waals surface area contributed by atoms with Crippen LogP contribution < -0.4 is 14.8 Å². The molecule has 4 rings (SSSR count). The first kappa shape index (κ1) is 22.1. The number of thiophene rings is 1. The minimum Gasteiger partial charge on any atom is -0.497 e. The second kappa shape index (κ2) is 10.0. The lowest BCUT2D eigenvalue weighted by Gasteiger charge is -2.18. The Morgan fingerprint density at radius 2 is 1.88 bits per heavy atom. The van der Waals surface area contributed by atoms with Gasteiger partial charge in [-0.05, 0) is 91.8 Å². The van der Waals surface area contributed by atoms with E-state index in [4.69, 9.17) is 14.5 Å². The predicted octanol–water partition coefficient (Wildman–Crippen LogP) is 6.28. The van der Waals surface area contributed by atoms with Crippen LogP contribution in [0, 0.1) is 5.92 Å². The number of carbonyl (C=O) groups is 1. The van der Waals surface area contributed by atoms with Crippen molar-refractivity contribution in [3.63, 3.8) is 0 Å². The molecule has 1 heterocycles. The largest absolute Gasteiger partial charge is 0.497 e. The van der Waals surface area contributed by atoms with Crippen LogP contribution in [-0.2, 0) is 12.8 Å². The van der Waals surface area contributed by atoms with Gasteiger partial charge in [0.2, 0.25) is 0 Å². The monoisotopic (exact) mass is 448 g/mol. The number of benzene rings is 2. The highest BCUT2D eigenvalue weighted by Gasteiger charge is 2.27. The van der Waals surface area contributed by atoms with Crippen LogP contribution >= 0.6 is 11.3 Å². The molecule has 166 valence electrons. The zero-order valence-corrected chi connectivity index (χ0v) is 19.5. The van der Waals surface area contributed by atoms with Gasteiger partial charge in [0.15, 0.2) is 0 Å². The molecule has 6 heteroatoms. The first-order valence-electron chi connectivity index (χ1n) is 10.9. The zero-order valence-electron chi connectivity index (χ0n) is 18.7. The lowest BCUT2D eigenvalue weighted by molar-refractivity contribution is 0.102. The van der Waals surface area contributed by atoms with Gasteiger partial charge in [-0.25, -0.2) is 4.99 Å². The van der Waals surface area contributed by atoms with Crippen LogP contribution in [0.5, 0.6) is 11.5 Å². The summed E-state index contributed by atoms with van der Waals surface area (Å²) in [6.07, 6.45) is 4.82. The molecule has 0 spiro atoms. The van der Waals surface area contributed by atoms with Crippen molar-refractivity contribution in [2.24, 2.45) is 10.9 Å². The molecule has 1 N–H and O–H groups in total. The van der Waals surface area contributed by atoms with Crippen molar-refractivity contribution >= 4 is 34.1 Å². The zero-order chi connectivity index (χ0) is 22.5. The van der Waals surface area contributed by atoms with Gasteiger partial charge in [-0.1, -0.05) is 6.92 Å². The summed E-state index contributed by atoms with van der Waals surface area (Å²) in [5.74, 6) is 2.11. The standard InChI is InChI=1S/C26H28N2O3S/c1-4-31-21-12-8-19(9-13-21)28-25(29)24-22-14-5-17(2)15-23(22)32-26(24)27-16-18-6-10-20(30-3)11-7-18/h6-13,16-17H,4-5,14-15H2,1-3H3,(H,28,29). The molecule has 0 radical (unpaired) electrons. The smallest absolute Gasteiger partial charge is 0.259 e. The number of nitrogens with one attached hydrogen (secondary N) is 1. The van der Waals surface area contributed by atoms with Gasteiger partial charge >= 0.3 is 0 Å². The number of rotatable bonds is 7. The van der Waals surface area contributed by atoms with E-state index in [0.717, 1.165) is 52.6 Å². The minimum atomic E-state index is -0.108. The summed E-state index contributed by atoms with van der Waals surface area (Å²) in [4.78, 5) is 19.3. The summed E-state index contributed by atoms with van der Waals surface area (Å²) in [5.41, 5.74) is 3.56. The predicted molar refractivity (Wildman–Crippen MR) is 131 cm³/mol. The number of methoxy groups -OCH3 is 1. The maximum absolute atomic E-state index is 13.3. The molecule has 0 fully saturated rings. The molecule has 0 saturated heterocycles. The van der Waals surface area contributed by atoms with Crippen molar-refractivity contribution in [1.29, 1.82) is 0 Å². The van der Waals surface area contributed by atoms with Crippen LogP contribution in [0.2, 0.25) is 0 Å². The molecule has 1 atom stereocenters. The summed E-state index contributed by atoms with van der Waals surface area (Å²) in [6, 6.07) is 15.2. The Kier molecular flexibility index (Phi) is 6.90. The molecule has 1 aromatic heterocycles. The molecule has 1 unspecified atom stereocenters. The van der Waals surface area contributed by atoms with Gasteiger partial charge in [-0.3, -0.25) is 4.79 Å². The van der Waals surface area contributed by atoms with Gasteiger partial charge in [-0.2, -0.15) is 0 Å². The lowest BCUT2D eigenvalue weighted by atomic mass is 9.88. The molecule has 1 amide bonds. The summed E-state index contributed by atoms with van der Waals surface area (Å²) in [5, 5.41) is 3.82. The molecule has 1 aliphatic carbocycles. The third kappa shape index (κ3) is 5.02. The number of aliphatic imine (C=N–C) groups is 1. The van der Waals surface area contributed by atoms with Crippen molar-refractivity contribution in [2.45, 2.75) is 33.1 Å². The van der Waals surface area contributed by atoms with Crippen LogP contribution in [0.4, 0.5) is 10.7 Å². The SMILES string of the molecule is CCOc1ccc(NC(=O)c2c(N=Cc3ccc(OC)cc3)sc3c2CCC(C)C3)cc1. The number of anilines is 1. The fourth-order valence-corrected chi connectivity index (χ4v) is 5.23. The van der Waals surface area contributed by atoms with Crippen molar-refractivity contribution in [2.75, 3.05) is 19.0 Å². The Morgan fingerprint density at radius 1 is 1.16 bits per heavy atom. The molecule has 5 nitrogen and oxygen atoms in total.